The van der Waals surface area contributed by atoms with Crippen LogP contribution < -0.4 is 4.90 Å². The number of aromatic nitrogens is 2. The average Bonchev–Trinajstić information content (AvgIpc) is 3.43. The van der Waals surface area contributed by atoms with E-state index < -0.39 is 0 Å². The lowest BCUT2D eigenvalue weighted by Crippen LogP contribution is -2.44. The van der Waals surface area contributed by atoms with E-state index in [0.29, 0.717) is 19.7 Å². The highest BCUT2D eigenvalue weighted by Gasteiger charge is 2.26. The van der Waals surface area contributed by atoms with Gasteiger partial charge in [0.05, 0.1) is 29.2 Å². The third-order valence-corrected chi connectivity index (χ3v) is 7.13. The third-order valence-electron chi connectivity index (χ3n) is 5.94. The molecule has 9 heteroatoms. The molecule has 0 atom stereocenters. The van der Waals surface area contributed by atoms with Crippen LogP contribution in [0.15, 0.2) is 29.1 Å². The molecule has 4 rings (SSSR count). The number of thiophene rings is 1. The van der Waals surface area contributed by atoms with Crippen molar-refractivity contribution in [1.82, 2.24) is 19.8 Å². The molecule has 1 fully saturated rings. The van der Waals surface area contributed by atoms with Crippen molar-refractivity contribution in [3.05, 3.63) is 40.9 Å². The van der Waals surface area contributed by atoms with Crippen LogP contribution in [-0.2, 0) is 11.3 Å². The minimum atomic E-state index is 0.000717. The van der Waals surface area contributed by atoms with Crippen molar-refractivity contribution in [3.8, 4) is 0 Å². The number of amides is 1. The molecular weight excluding hydrogens is 438 g/mol. The fourth-order valence-corrected chi connectivity index (χ4v) is 5.19. The summed E-state index contributed by atoms with van der Waals surface area (Å²) < 4.78 is 11.2. The molecule has 1 aliphatic heterocycles. The van der Waals surface area contributed by atoms with Crippen molar-refractivity contribution in [1.29, 1.82) is 0 Å². The van der Waals surface area contributed by atoms with Crippen LogP contribution in [-0.4, -0.2) is 78.2 Å². The predicted octanol–water partition coefficient (Wildman–Crippen LogP) is 3.80. The Morgan fingerprint density at radius 1 is 1.27 bits per heavy atom. The van der Waals surface area contributed by atoms with Crippen molar-refractivity contribution in [2.75, 3.05) is 51.3 Å². The van der Waals surface area contributed by atoms with Crippen molar-refractivity contribution in [3.63, 3.8) is 0 Å². The number of carbonyl (C=O) groups is 1. The van der Waals surface area contributed by atoms with Crippen LogP contribution in [0.25, 0.3) is 10.2 Å². The van der Waals surface area contributed by atoms with E-state index in [1.54, 1.807) is 12.6 Å². The van der Waals surface area contributed by atoms with E-state index in [1.807, 2.05) is 37.8 Å². The highest BCUT2D eigenvalue weighted by atomic mass is 32.1. The first-order valence-corrected chi connectivity index (χ1v) is 12.4. The Hall–Kier alpha value is -2.49. The summed E-state index contributed by atoms with van der Waals surface area (Å²) in [6, 6.07) is 3.75. The van der Waals surface area contributed by atoms with Gasteiger partial charge >= 0.3 is 0 Å². The molecule has 0 aromatic carbocycles. The first-order valence-electron chi connectivity index (χ1n) is 11.5. The predicted molar refractivity (Wildman–Crippen MR) is 131 cm³/mol. The Bertz CT molecular complexity index is 1060. The van der Waals surface area contributed by atoms with Crippen LogP contribution in [0.4, 0.5) is 5.82 Å². The highest BCUT2D eigenvalue weighted by molar-refractivity contribution is 7.20. The summed E-state index contributed by atoms with van der Waals surface area (Å²) in [6.07, 6.45) is 4.20. The maximum Gasteiger partial charge on any atom is 0.264 e. The van der Waals surface area contributed by atoms with Gasteiger partial charge in [-0.25, -0.2) is 9.97 Å². The molecule has 0 radical (unpaired) electrons. The summed E-state index contributed by atoms with van der Waals surface area (Å²) in [6.45, 7) is 11.5. The van der Waals surface area contributed by atoms with Gasteiger partial charge in [-0.15, -0.1) is 11.3 Å². The van der Waals surface area contributed by atoms with Crippen LogP contribution in [0, 0.1) is 6.92 Å². The second-order valence-corrected chi connectivity index (χ2v) is 9.80. The number of furan rings is 1. The number of anilines is 1. The fourth-order valence-electron chi connectivity index (χ4n) is 4.08. The second kappa shape index (κ2) is 10.6. The molecular formula is C24H33N5O3S. The van der Waals surface area contributed by atoms with E-state index in [9.17, 15) is 4.79 Å². The SMILES string of the molecule is Cc1c(C(=O)N(CCCOC(C)C)Cc2ccco2)sc2ncnc(N3CCN(C)CC3)c12. The summed E-state index contributed by atoms with van der Waals surface area (Å²) in [4.78, 5) is 30.9. The zero-order chi connectivity index (χ0) is 23.4. The summed E-state index contributed by atoms with van der Waals surface area (Å²) in [5.41, 5.74) is 0.956. The zero-order valence-electron chi connectivity index (χ0n) is 19.9. The quantitative estimate of drug-likeness (QED) is 0.440. The third kappa shape index (κ3) is 5.54. The van der Waals surface area contributed by atoms with E-state index in [2.05, 4.69) is 26.8 Å². The molecule has 1 amide bonds. The van der Waals surface area contributed by atoms with E-state index >= 15 is 0 Å². The topological polar surface area (TPSA) is 74.9 Å². The number of aryl methyl sites for hydroxylation is 1. The molecule has 178 valence electrons. The highest BCUT2D eigenvalue weighted by Crippen LogP contribution is 2.36. The number of ether oxygens (including phenoxy) is 1. The average molecular weight is 472 g/mol. The van der Waals surface area contributed by atoms with E-state index in [0.717, 1.165) is 64.8 Å². The summed E-state index contributed by atoms with van der Waals surface area (Å²) in [5.74, 6) is 1.70. The van der Waals surface area contributed by atoms with Crippen molar-refractivity contribution in [2.24, 2.45) is 0 Å². The molecule has 0 unspecified atom stereocenters. The first-order chi connectivity index (χ1) is 15.9. The van der Waals surface area contributed by atoms with Crippen molar-refractivity contribution in [2.45, 2.75) is 39.8 Å². The number of likely N-dealkylation sites (N-methyl/N-ethyl adjacent to an activating group) is 1. The van der Waals surface area contributed by atoms with Gasteiger partial charge in [0.1, 0.15) is 22.7 Å². The number of piperazine rings is 1. The van der Waals surface area contributed by atoms with Crippen molar-refractivity contribution >= 4 is 33.3 Å². The fraction of sp³-hybridized carbons (Fsp3) is 0.542. The lowest BCUT2D eigenvalue weighted by atomic mass is 10.1. The summed E-state index contributed by atoms with van der Waals surface area (Å²) in [7, 11) is 2.14. The molecule has 3 aromatic rings. The van der Waals surface area contributed by atoms with Gasteiger partial charge in [0, 0.05) is 39.3 Å². The number of fused-ring (bicyclic) bond motifs is 1. The molecule has 0 saturated carbocycles. The second-order valence-electron chi connectivity index (χ2n) is 8.80. The monoisotopic (exact) mass is 471 g/mol. The number of rotatable bonds is 9. The molecule has 8 nitrogen and oxygen atoms in total. The molecule has 33 heavy (non-hydrogen) atoms. The minimum Gasteiger partial charge on any atom is -0.467 e. The van der Waals surface area contributed by atoms with Gasteiger partial charge in [0.25, 0.3) is 5.91 Å². The molecule has 4 heterocycles. The molecule has 1 aliphatic rings. The maximum absolute atomic E-state index is 13.7. The standard InChI is InChI=1S/C24H33N5O3S/c1-17(2)31-14-6-8-29(15-19-7-5-13-32-19)24(30)21-18(3)20-22(25-16-26-23(20)33-21)28-11-9-27(4)10-12-28/h5,7,13,16-17H,6,8-12,14-15H2,1-4H3. The molecule has 3 aromatic heterocycles. The first kappa shape index (κ1) is 23.7. The Kier molecular flexibility index (Phi) is 7.62. The number of carbonyl (C=O) groups excluding carboxylic acids is 1. The van der Waals surface area contributed by atoms with Crippen LogP contribution in [0.5, 0.6) is 0 Å². The summed E-state index contributed by atoms with van der Waals surface area (Å²) >= 11 is 1.45. The minimum absolute atomic E-state index is 0.000717. The molecule has 0 bridgehead atoms. The van der Waals surface area contributed by atoms with Crippen LogP contribution in [0.2, 0.25) is 0 Å². The number of nitrogens with zero attached hydrogens (tertiary/aromatic N) is 5. The maximum atomic E-state index is 13.7. The van der Waals surface area contributed by atoms with E-state index in [4.69, 9.17) is 9.15 Å². The Balaban J connectivity index is 1.60. The van der Waals surface area contributed by atoms with Crippen LogP contribution >= 0.6 is 11.3 Å². The Labute approximate surface area is 199 Å². The zero-order valence-corrected chi connectivity index (χ0v) is 20.7. The molecule has 0 spiro atoms. The lowest BCUT2D eigenvalue weighted by molar-refractivity contribution is 0.0598. The molecule has 0 aliphatic carbocycles. The van der Waals surface area contributed by atoms with Crippen LogP contribution in [0.1, 0.15) is 41.3 Å². The molecule has 1 saturated heterocycles. The van der Waals surface area contributed by atoms with Gasteiger partial charge in [-0.2, -0.15) is 0 Å². The Morgan fingerprint density at radius 3 is 2.76 bits per heavy atom. The largest absolute Gasteiger partial charge is 0.467 e. The van der Waals surface area contributed by atoms with Crippen molar-refractivity contribution < 1.29 is 13.9 Å². The van der Waals surface area contributed by atoms with E-state index in [1.165, 1.54) is 11.3 Å². The molecule has 0 N–H and O–H groups in total. The van der Waals surface area contributed by atoms with Gasteiger partial charge < -0.3 is 23.9 Å². The van der Waals surface area contributed by atoms with Gasteiger partial charge in [-0.1, -0.05) is 0 Å². The number of hydrogen-bond acceptors (Lipinski definition) is 8. The van der Waals surface area contributed by atoms with E-state index in [-0.39, 0.29) is 12.0 Å². The lowest BCUT2D eigenvalue weighted by Gasteiger charge is -2.33. The van der Waals surface area contributed by atoms with Gasteiger partial charge in [0.15, 0.2) is 0 Å². The van der Waals surface area contributed by atoms with Gasteiger partial charge in [0.2, 0.25) is 0 Å². The van der Waals surface area contributed by atoms with Crippen LogP contribution in [0.3, 0.4) is 0 Å². The Morgan fingerprint density at radius 2 is 2.06 bits per heavy atom. The van der Waals surface area contributed by atoms with Gasteiger partial charge in [-0.05, 0) is 51.9 Å². The normalized spacial score (nSPS) is 15.0. The van der Waals surface area contributed by atoms with Gasteiger partial charge in [-0.3, -0.25) is 4.79 Å². The number of hydrogen-bond donors (Lipinski definition) is 0. The smallest absolute Gasteiger partial charge is 0.264 e. The summed E-state index contributed by atoms with van der Waals surface area (Å²) in [5, 5.41) is 0.997.